The molecule has 0 saturated carbocycles. The number of benzene rings is 1. The molecule has 1 amide bonds. The second kappa shape index (κ2) is 9.51. The van der Waals surface area contributed by atoms with Crippen LogP contribution in [0.2, 0.25) is 10.2 Å². The zero-order chi connectivity index (χ0) is 19.2. The van der Waals surface area contributed by atoms with Crippen molar-refractivity contribution in [1.29, 1.82) is 0 Å². The number of carbonyl (C=O) groups is 1. The summed E-state index contributed by atoms with van der Waals surface area (Å²) in [6.07, 6.45) is 0. The first-order valence-electron chi connectivity index (χ1n) is 9.01. The number of carbonyl (C=O) groups excluding carboxylic acids is 1. The van der Waals surface area contributed by atoms with E-state index < -0.39 is 0 Å². The van der Waals surface area contributed by atoms with Gasteiger partial charge in [0.25, 0.3) is 5.91 Å². The highest BCUT2D eigenvalue weighted by Crippen LogP contribution is 2.21. The van der Waals surface area contributed by atoms with Crippen LogP contribution in [-0.4, -0.2) is 59.6 Å². The van der Waals surface area contributed by atoms with Crippen LogP contribution in [0.1, 0.15) is 23.0 Å². The number of hydrogen-bond acceptors (Lipinski definition) is 4. The van der Waals surface area contributed by atoms with E-state index in [2.05, 4.69) is 16.8 Å². The van der Waals surface area contributed by atoms with E-state index in [0.29, 0.717) is 11.6 Å². The van der Waals surface area contributed by atoms with E-state index in [1.165, 1.54) is 0 Å². The van der Waals surface area contributed by atoms with E-state index >= 15 is 0 Å². The van der Waals surface area contributed by atoms with E-state index in [1.807, 2.05) is 35.2 Å². The molecule has 0 bridgehead atoms. The maximum absolute atomic E-state index is 13.3. The standard InChI is InChI=1S/C20H23Cl2N3O2/c1-15(13-24-9-11-27-12-10-24)25(14-16-5-3-2-4-6-16)20(26)19-17(21)7-8-18(22)23-19/h2-8,15H,9-14H2,1H3. The fourth-order valence-corrected chi connectivity index (χ4v) is 3.50. The molecule has 144 valence electrons. The van der Waals surface area contributed by atoms with Crippen LogP contribution in [-0.2, 0) is 11.3 Å². The van der Waals surface area contributed by atoms with E-state index in [1.54, 1.807) is 12.1 Å². The monoisotopic (exact) mass is 407 g/mol. The van der Waals surface area contributed by atoms with Gasteiger partial charge in [0.2, 0.25) is 0 Å². The van der Waals surface area contributed by atoms with Crippen molar-refractivity contribution in [3.8, 4) is 0 Å². The van der Waals surface area contributed by atoms with Gasteiger partial charge in [-0.15, -0.1) is 0 Å². The van der Waals surface area contributed by atoms with Crippen molar-refractivity contribution < 1.29 is 9.53 Å². The zero-order valence-corrected chi connectivity index (χ0v) is 16.8. The molecule has 5 nitrogen and oxygen atoms in total. The van der Waals surface area contributed by atoms with Gasteiger partial charge in [0.15, 0.2) is 0 Å². The first-order valence-corrected chi connectivity index (χ1v) is 9.77. The Morgan fingerprint density at radius 1 is 1.19 bits per heavy atom. The molecule has 1 atom stereocenters. The third-order valence-electron chi connectivity index (χ3n) is 4.63. The fraction of sp³-hybridized carbons (Fsp3) is 0.400. The minimum absolute atomic E-state index is 0.0207. The maximum atomic E-state index is 13.3. The van der Waals surface area contributed by atoms with Gasteiger partial charge in [-0.1, -0.05) is 53.5 Å². The third-order valence-corrected chi connectivity index (χ3v) is 5.14. The molecule has 1 aromatic carbocycles. The molecule has 27 heavy (non-hydrogen) atoms. The topological polar surface area (TPSA) is 45.7 Å². The normalized spacial score (nSPS) is 16.1. The van der Waals surface area contributed by atoms with Crippen molar-refractivity contribution in [1.82, 2.24) is 14.8 Å². The summed E-state index contributed by atoms with van der Waals surface area (Å²) in [7, 11) is 0. The number of amides is 1. The van der Waals surface area contributed by atoms with Crippen LogP contribution < -0.4 is 0 Å². The molecule has 1 unspecified atom stereocenters. The molecule has 1 aliphatic heterocycles. The highest BCUT2D eigenvalue weighted by molar-refractivity contribution is 6.34. The lowest BCUT2D eigenvalue weighted by Gasteiger charge is -2.35. The zero-order valence-electron chi connectivity index (χ0n) is 15.3. The molecule has 3 rings (SSSR count). The summed E-state index contributed by atoms with van der Waals surface area (Å²) in [5.74, 6) is -0.216. The first-order chi connectivity index (χ1) is 13.0. The average Bonchev–Trinajstić information content (AvgIpc) is 2.69. The molecule has 0 radical (unpaired) electrons. The lowest BCUT2D eigenvalue weighted by atomic mass is 10.1. The molecule has 2 aromatic rings. The molecule has 1 fully saturated rings. The maximum Gasteiger partial charge on any atom is 0.274 e. The number of pyridine rings is 1. The van der Waals surface area contributed by atoms with Crippen LogP contribution in [0.15, 0.2) is 42.5 Å². The lowest BCUT2D eigenvalue weighted by molar-refractivity contribution is 0.0227. The highest BCUT2D eigenvalue weighted by Gasteiger charge is 2.27. The van der Waals surface area contributed by atoms with Crippen LogP contribution in [0, 0.1) is 0 Å². The molecule has 1 saturated heterocycles. The molecular formula is C20H23Cl2N3O2. The second-order valence-corrected chi connectivity index (χ2v) is 7.44. The van der Waals surface area contributed by atoms with Gasteiger partial charge < -0.3 is 9.64 Å². The van der Waals surface area contributed by atoms with Crippen molar-refractivity contribution in [3.63, 3.8) is 0 Å². The molecule has 0 N–H and O–H groups in total. The van der Waals surface area contributed by atoms with E-state index in [4.69, 9.17) is 27.9 Å². The van der Waals surface area contributed by atoms with Gasteiger partial charge in [0.1, 0.15) is 10.8 Å². The van der Waals surface area contributed by atoms with Crippen LogP contribution in [0.3, 0.4) is 0 Å². The Bertz CT molecular complexity index is 767. The van der Waals surface area contributed by atoms with Crippen molar-refractivity contribution in [2.75, 3.05) is 32.8 Å². The Morgan fingerprint density at radius 3 is 2.59 bits per heavy atom. The molecular weight excluding hydrogens is 385 g/mol. The summed E-state index contributed by atoms with van der Waals surface area (Å²) < 4.78 is 5.42. The fourth-order valence-electron chi connectivity index (χ4n) is 3.17. The number of ether oxygens (including phenoxy) is 1. The SMILES string of the molecule is CC(CN1CCOCC1)N(Cc1ccccc1)C(=O)c1nc(Cl)ccc1Cl. The van der Waals surface area contributed by atoms with Gasteiger partial charge in [0, 0.05) is 32.2 Å². The average molecular weight is 408 g/mol. The minimum Gasteiger partial charge on any atom is -0.379 e. The predicted octanol–water partition coefficient (Wildman–Crippen LogP) is 3.75. The van der Waals surface area contributed by atoms with Crippen molar-refractivity contribution in [3.05, 3.63) is 63.9 Å². The summed E-state index contributed by atoms with van der Waals surface area (Å²) in [5.41, 5.74) is 1.24. The molecule has 2 heterocycles. The van der Waals surface area contributed by atoms with Gasteiger partial charge >= 0.3 is 0 Å². The molecule has 7 heteroatoms. The Morgan fingerprint density at radius 2 is 1.89 bits per heavy atom. The number of rotatable bonds is 6. The molecule has 0 spiro atoms. The Balaban J connectivity index is 1.83. The van der Waals surface area contributed by atoms with Crippen LogP contribution >= 0.6 is 23.2 Å². The van der Waals surface area contributed by atoms with Crippen LogP contribution in [0.25, 0.3) is 0 Å². The summed E-state index contributed by atoms with van der Waals surface area (Å²) in [5, 5.41) is 0.560. The van der Waals surface area contributed by atoms with Gasteiger partial charge in [-0.3, -0.25) is 9.69 Å². The summed E-state index contributed by atoms with van der Waals surface area (Å²) in [4.78, 5) is 21.6. The molecule has 0 aliphatic carbocycles. The Hall–Kier alpha value is -1.66. The number of hydrogen-bond donors (Lipinski definition) is 0. The minimum atomic E-state index is -0.216. The lowest BCUT2D eigenvalue weighted by Crippen LogP contribution is -2.48. The quantitative estimate of drug-likeness (QED) is 0.683. The largest absolute Gasteiger partial charge is 0.379 e. The van der Waals surface area contributed by atoms with Crippen LogP contribution in [0.4, 0.5) is 0 Å². The van der Waals surface area contributed by atoms with Gasteiger partial charge in [-0.2, -0.15) is 0 Å². The molecule has 1 aromatic heterocycles. The highest BCUT2D eigenvalue weighted by atomic mass is 35.5. The second-order valence-electron chi connectivity index (χ2n) is 6.65. The number of morpholine rings is 1. The summed E-state index contributed by atoms with van der Waals surface area (Å²) >= 11 is 12.2. The number of halogens is 2. The first kappa shape index (κ1) is 20.1. The predicted molar refractivity (Wildman–Crippen MR) is 107 cm³/mol. The van der Waals surface area contributed by atoms with Gasteiger partial charge in [-0.25, -0.2) is 4.98 Å². The Labute approximate surface area is 169 Å². The Kier molecular flexibility index (Phi) is 7.07. The van der Waals surface area contributed by atoms with E-state index in [0.717, 1.165) is 38.4 Å². The van der Waals surface area contributed by atoms with E-state index in [9.17, 15) is 4.79 Å². The van der Waals surface area contributed by atoms with Crippen molar-refractivity contribution in [2.24, 2.45) is 0 Å². The number of aromatic nitrogens is 1. The molecule has 1 aliphatic rings. The van der Waals surface area contributed by atoms with E-state index in [-0.39, 0.29) is 22.8 Å². The smallest absolute Gasteiger partial charge is 0.274 e. The van der Waals surface area contributed by atoms with Crippen LogP contribution in [0.5, 0.6) is 0 Å². The van der Waals surface area contributed by atoms with Gasteiger partial charge in [-0.05, 0) is 24.6 Å². The third kappa shape index (κ3) is 5.42. The summed E-state index contributed by atoms with van der Waals surface area (Å²) in [6, 6.07) is 13.1. The van der Waals surface area contributed by atoms with Crippen molar-refractivity contribution in [2.45, 2.75) is 19.5 Å². The number of nitrogens with zero attached hydrogens (tertiary/aromatic N) is 3. The van der Waals surface area contributed by atoms with Gasteiger partial charge in [0.05, 0.1) is 18.2 Å². The summed E-state index contributed by atoms with van der Waals surface area (Å²) in [6.45, 7) is 6.48. The van der Waals surface area contributed by atoms with Crippen molar-refractivity contribution >= 4 is 29.1 Å².